The maximum absolute atomic E-state index is 11.8. The van der Waals surface area contributed by atoms with Crippen molar-refractivity contribution in [2.75, 3.05) is 6.61 Å². The molecule has 0 aromatic carbocycles. The summed E-state index contributed by atoms with van der Waals surface area (Å²) in [7, 11) is 0. The lowest BCUT2D eigenvalue weighted by Gasteiger charge is -2.18. The maximum Gasteiger partial charge on any atom is 0.258 e. The normalized spacial score (nSPS) is 13.5. The number of ether oxygens (including phenoxy) is 1. The highest BCUT2D eigenvalue weighted by molar-refractivity contribution is 7.09. The highest BCUT2D eigenvalue weighted by atomic mass is 32.1. The van der Waals surface area contributed by atoms with E-state index >= 15 is 0 Å². The van der Waals surface area contributed by atoms with E-state index in [2.05, 4.69) is 10.3 Å². The van der Waals surface area contributed by atoms with E-state index in [0.29, 0.717) is 6.54 Å². The summed E-state index contributed by atoms with van der Waals surface area (Å²) in [6.45, 7) is 0.621. The van der Waals surface area contributed by atoms with Crippen LogP contribution in [0.2, 0.25) is 0 Å². The summed E-state index contributed by atoms with van der Waals surface area (Å²) in [5.74, 6) is 0.718. The Kier molecular flexibility index (Phi) is 4.50. The first-order chi connectivity index (χ1) is 10.3. The molecule has 4 nitrogen and oxygen atoms in total. The van der Waals surface area contributed by atoms with E-state index in [4.69, 9.17) is 4.74 Å². The van der Waals surface area contributed by atoms with Crippen LogP contribution in [0.3, 0.4) is 0 Å². The first kappa shape index (κ1) is 14.1. The fraction of sp³-hybridized carbons (Fsp3) is 0.375. The molecule has 1 aliphatic rings. The minimum absolute atomic E-state index is 0.0574. The number of carbonyl (C=O) groups excluding carboxylic acids is 1. The summed E-state index contributed by atoms with van der Waals surface area (Å²) in [5.41, 5.74) is 2.30. The number of hydrogen-bond donors (Lipinski definition) is 1. The van der Waals surface area contributed by atoms with Gasteiger partial charge in [-0.1, -0.05) is 6.07 Å². The van der Waals surface area contributed by atoms with Crippen molar-refractivity contribution in [2.24, 2.45) is 0 Å². The number of carbonyl (C=O) groups is 1. The average molecular weight is 302 g/mol. The number of aryl methyl sites for hydroxylation is 1. The van der Waals surface area contributed by atoms with E-state index in [9.17, 15) is 4.79 Å². The molecule has 21 heavy (non-hydrogen) atoms. The van der Waals surface area contributed by atoms with Gasteiger partial charge in [0.1, 0.15) is 5.75 Å². The quantitative estimate of drug-likeness (QED) is 0.924. The Hall–Kier alpha value is -1.88. The summed E-state index contributed by atoms with van der Waals surface area (Å²) in [5, 5.41) is 4.87. The first-order valence-corrected chi connectivity index (χ1v) is 8.09. The molecule has 1 aliphatic carbocycles. The maximum atomic E-state index is 11.8. The van der Waals surface area contributed by atoms with Gasteiger partial charge in [0.2, 0.25) is 0 Å². The van der Waals surface area contributed by atoms with Gasteiger partial charge in [0, 0.05) is 22.3 Å². The van der Waals surface area contributed by atoms with E-state index in [0.717, 1.165) is 29.2 Å². The van der Waals surface area contributed by atoms with Crippen LogP contribution in [0.1, 0.15) is 29.0 Å². The van der Waals surface area contributed by atoms with E-state index in [1.54, 1.807) is 17.5 Å². The number of thiophene rings is 1. The lowest BCUT2D eigenvalue weighted by Crippen LogP contribution is -2.28. The Morgan fingerprint density at radius 2 is 2.24 bits per heavy atom. The smallest absolute Gasteiger partial charge is 0.258 e. The second-order valence-corrected chi connectivity index (χ2v) is 6.12. The van der Waals surface area contributed by atoms with Gasteiger partial charge in [-0.25, -0.2) is 0 Å². The van der Waals surface area contributed by atoms with Crippen molar-refractivity contribution in [2.45, 2.75) is 32.2 Å². The van der Waals surface area contributed by atoms with E-state index in [1.807, 2.05) is 23.6 Å². The number of nitrogens with zero attached hydrogens (tertiary/aromatic N) is 1. The van der Waals surface area contributed by atoms with E-state index < -0.39 is 0 Å². The molecule has 5 heteroatoms. The molecule has 1 N–H and O–H groups in total. The van der Waals surface area contributed by atoms with Crippen molar-refractivity contribution in [1.82, 2.24) is 10.3 Å². The second kappa shape index (κ2) is 6.72. The van der Waals surface area contributed by atoms with Crippen molar-refractivity contribution in [3.05, 3.63) is 45.9 Å². The van der Waals surface area contributed by atoms with Crippen molar-refractivity contribution >= 4 is 17.2 Å². The third-order valence-corrected chi connectivity index (χ3v) is 4.47. The van der Waals surface area contributed by atoms with Gasteiger partial charge in [-0.2, -0.15) is 0 Å². The molecular formula is C16H18N2O2S. The topological polar surface area (TPSA) is 51.2 Å². The van der Waals surface area contributed by atoms with Gasteiger partial charge in [0.15, 0.2) is 6.61 Å². The molecule has 0 saturated heterocycles. The summed E-state index contributed by atoms with van der Waals surface area (Å²) >= 11 is 1.63. The van der Waals surface area contributed by atoms with Gasteiger partial charge in [0.05, 0.1) is 6.54 Å². The van der Waals surface area contributed by atoms with Crippen LogP contribution >= 0.6 is 11.3 Å². The first-order valence-electron chi connectivity index (χ1n) is 7.21. The van der Waals surface area contributed by atoms with Crippen molar-refractivity contribution in [3.8, 4) is 5.75 Å². The van der Waals surface area contributed by atoms with Crippen LogP contribution < -0.4 is 10.1 Å². The zero-order chi connectivity index (χ0) is 14.5. The molecule has 0 fully saturated rings. The number of hydrogen-bond acceptors (Lipinski definition) is 4. The molecule has 0 atom stereocenters. The molecule has 2 heterocycles. The minimum Gasteiger partial charge on any atom is -0.483 e. The number of pyridine rings is 1. The zero-order valence-electron chi connectivity index (χ0n) is 11.8. The lowest BCUT2D eigenvalue weighted by molar-refractivity contribution is -0.123. The SMILES string of the molecule is O=C(COc1ccnc2c1CCCC2)NCc1cccs1. The summed E-state index contributed by atoms with van der Waals surface area (Å²) in [4.78, 5) is 17.4. The molecule has 0 aliphatic heterocycles. The van der Waals surface area contributed by atoms with E-state index in [-0.39, 0.29) is 12.5 Å². The number of rotatable bonds is 5. The Morgan fingerprint density at radius 1 is 1.33 bits per heavy atom. The molecule has 3 rings (SSSR count). The molecular weight excluding hydrogens is 284 g/mol. The van der Waals surface area contributed by atoms with Crippen molar-refractivity contribution in [1.29, 1.82) is 0 Å². The standard InChI is InChI=1S/C16H18N2O2S/c19-16(18-10-12-4-3-9-21-12)11-20-15-7-8-17-14-6-2-1-5-13(14)15/h3-4,7-9H,1-2,5-6,10-11H2,(H,18,19). The molecule has 2 aromatic heterocycles. The van der Waals surface area contributed by atoms with Crippen LogP contribution in [0.4, 0.5) is 0 Å². The van der Waals surface area contributed by atoms with Gasteiger partial charge in [0.25, 0.3) is 5.91 Å². The molecule has 0 saturated carbocycles. The summed E-state index contributed by atoms with van der Waals surface area (Å²) < 4.78 is 5.69. The zero-order valence-corrected chi connectivity index (χ0v) is 12.6. The van der Waals surface area contributed by atoms with E-state index in [1.165, 1.54) is 18.4 Å². The van der Waals surface area contributed by atoms with Crippen LogP contribution in [0.15, 0.2) is 29.8 Å². The van der Waals surface area contributed by atoms with Gasteiger partial charge >= 0.3 is 0 Å². The lowest BCUT2D eigenvalue weighted by atomic mass is 9.95. The molecule has 110 valence electrons. The Morgan fingerprint density at radius 3 is 3.10 bits per heavy atom. The Balaban J connectivity index is 1.54. The number of amides is 1. The van der Waals surface area contributed by atoms with Crippen LogP contribution in [-0.2, 0) is 24.2 Å². The van der Waals surface area contributed by atoms with Gasteiger partial charge in [-0.3, -0.25) is 9.78 Å². The molecule has 1 amide bonds. The van der Waals surface area contributed by atoms with Crippen LogP contribution in [0.5, 0.6) is 5.75 Å². The fourth-order valence-corrected chi connectivity index (χ4v) is 3.17. The molecule has 2 aromatic rings. The molecule has 0 spiro atoms. The molecule has 0 unspecified atom stereocenters. The summed E-state index contributed by atoms with van der Waals surface area (Å²) in [6, 6.07) is 5.84. The van der Waals surface area contributed by atoms with Crippen LogP contribution in [0.25, 0.3) is 0 Å². The molecule has 0 bridgehead atoms. The third-order valence-electron chi connectivity index (χ3n) is 3.59. The van der Waals surface area contributed by atoms with Gasteiger partial charge in [-0.15, -0.1) is 11.3 Å². The predicted octanol–water partition coefficient (Wildman–Crippen LogP) is 2.72. The monoisotopic (exact) mass is 302 g/mol. The number of nitrogens with one attached hydrogen (secondary N) is 1. The minimum atomic E-state index is -0.0928. The van der Waals surface area contributed by atoms with Gasteiger partial charge in [-0.05, 0) is 43.2 Å². The highest BCUT2D eigenvalue weighted by Gasteiger charge is 2.15. The fourth-order valence-electron chi connectivity index (χ4n) is 2.52. The van der Waals surface area contributed by atoms with Crippen LogP contribution in [0, 0.1) is 0 Å². The van der Waals surface area contributed by atoms with Gasteiger partial charge < -0.3 is 10.1 Å². The average Bonchev–Trinajstić information content (AvgIpc) is 3.04. The predicted molar refractivity (Wildman–Crippen MR) is 82.5 cm³/mol. The van der Waals surface area contributed by atoms with Crippen molar-refractivity contribution in [3.63, 3.8) is 0 Å². The summed E-state index contributed by atoms with van der Waals surface area (Å²) in [6.07, 6.45) is 6.12. The number of fused-ring (bicyclic) bond motifs is 1. The molecule has 0 radical (unpaired) electrons. The van der Waals surface area contributed by atoms with Crippen molar-refractivity contribution < 1.29 is 9.53 Å². The Labute approximate surface area is 128 Å². The van der Waals surface area contributed by atoms with Crippen LogP contribution in [-0.4, -0.2) is 17.5 Å². The second-order valence-electron chi connectivity index (χ2n) is 5.09. The Bertz CT molecular complexity index is 611. The third kappa shape index (κ3) is 3.61. The largest absolute Gasteiger partial charge is 0.483 e. The highest BCUT2D eigenvalue weighted by Crippen LogP contribution is 2.27. The number of aromatic nitrogens is 1.